The number of aliphatic hydroxyl groups is 6. The molecular formula is C12H28O24P4Sr3+6. The van der Waals surface area contributed by atoms with Gasteiger partial charge in [-0.1, -0.05) is 0 Å². The van der Waals surface area contributed by atoms with E-state index in [2.05, 4.69) is 27.6 Å². The maximum Gasteiger partial charge on any atom is 2.00 e. The molecule has 8 atom stereocenters. The average Bonchev–Trinajstić information content (AvgIpc) is 3.12. The van der Waals surface area contributed by atoms with Gasteiger partial charge in [-0.3, -0.25) is 18.1 Å². The first-order valence-corrected chi connectivity index (χ1v) is 16.1. The predicted octanol–water partition coefficient (Wildman–Crippen LogP) is -7.11. The molecule has 0 saturated carbocycles. The summed E-state index contributed by atoms with van der Waals surface area (Å²) in [5.41, 5.74) is 0. The van der Waals surface area contributed by atoms with Gasteiger partial charge in [0.25, 0.3) is 0 Å². The van der Waals surface area contributed by atoms with Crippen LogP contribution in [0.4, 0.5) is 0 Å². The van der Waals surface area contributed by atoms with Crippen LogP contribution in [0.3, 0.4) is 0 Å². The number of hydrogen-bond acceptors (Lipinski definition) is 16. The van der Waals surface area contributed by atoms with Crippen molar-refractivity contribution in [2.45, 2.75) is 48.2 Å². The largest absolute Gasteiger partial charge is 2.00 e. The van der Waals surface area contributed by atoms with Gasteiger partial charge in [0, 0.05) is 0 Å². The molecule has 31 heteroatoms. The molecule has 0 aliphatic carbocycles. The summed E-state index contributed by atoms with van der Waals surface area (Å²) in [5, 5.41) is 57.5. The van der Waals surface area contributed by atoms with Crippen molar-refractivity contribution in [2.24, 2.45) is 0 Å². The fourth-order valence-electron chi connectivity index (χ4n) is 2.94. The first-order valence-electron chi connectivity index (χ1n) is 10.0. The van der Waals surface area contributed by atoms with Crippen LogP contribution in [0.1, 0.15) is 0 Å². The molecule has 240 valence electrons. The van der Waals surface area contributed by atoms with Crippen LogP contribution >= 0.6 is 31.3 Å². The molecule has 0 amide bonds. The van der Waals surface area contributed by atoms with Gasteiger partial charge in [0.15, 0.2) is 0 Å². The third kappa shape index (κ3) is 19.7. The van der Waals surface area contributed by atoms with E-state index in [1.807, 2.05) is 0 Å². The Balaban J connectivity index is -0.000000696. The van der Waals surface area contributed by atoms with Gasteiger partial charge in [0.2, 0.25) is 11.6 Å². The predicted molar refractivity (Wildman–Crippen MR) is 133 cm³/mol. The third-order valence-corrected chi connectivity index (χ3v) is 6.64. The van der Waals surface area contributed by atoms with Gasteiger partial charge >= 0.3 is 168 Å². The van der Waals surface area contributed by atoms with Crippen LogP contribution in [0.5, 0.6) is 0 Å². The number of aliphatic hydroxyl groups excluding tert-OH is 4. The number of phosphoric acid groups is 4. The first-order chi connectivity index (χ1) is 17.7. The van der Waals surface area contributed by atoms with E-state index < -0.39 is 106 Å². The van der Waals surface area contributed by atoms with Crippen molar-refractivity contribution in [1.82, 2.24) is 0 Å². The summed E-state index contributed by atoms with van der Waals surface area (Å²) in [7, 11) is -19.6. The molecular weight excluding hydrogens is 915 g/mol. The Labute approximate surface area is 352 Å². The molecule has 43 heavy (non-hydrogen) atoms. The van der Waals surface area contributed by atoms with Crippen LogP contribution in [0.25, 0.3) is 0 Å². The molecule has 0 unspecified atom stereocenters. The quantitative estimate of drug-likeness (QED) is 0.0638. The molecule has 0 bridgehead atoms. The Morgan fingerprint density at radius 2 is 0.744 bits per heavy atom. The molecule has 0 aromatic carbocycles. The molecule has 24 nitrogen and oxygen atoms in total. The van der Waals surface area contributed by atoms with Crippen molar-refractivity contribution in [1.29, 1.82) is 0 Å². The fourth-order valence-corrected chi connectivity index (χ4v) is 4.33. The summed E-state index contributed by atoms with van der Waals surface area (Å²) in [6.07, 6.45) is -10.8. The van der Waals surface area contributed by atoms with E-state index in [1.165, 1.54) is 0 Å². The zero-order valence-corrected chi connectivity index (χ0v) is 35.6. The second-order valence-corrected chi connectivity index (χ2v) is 12.9. The number of hydrogen-bond donors (Lipinski definition) is 14. The SMILES string of the molecule is O=P(O)(O)OC[C@H]1O[C@](O)(COP(=O)(O)O)[C@@H](O)[C@@H]1O.O=P(O)(O)OC[C@H]1O[C@](O)(COP(=O)(O)O)[C@@H](O)[C@@H]1O.[Sr+2].[Sr+2].[Sr+2]. The van der Waals surface area contributed by atoms with E-state index in [4.69, 9.17) is 39.1 Å². The van der Waals surface area contributed by atoms with Crippen LogP contribution in [0.2, 0.25) is 0 Å². The molecule has 0 aromatic heterocycles. The minimum atomic E-state index is -4.96. The third-order valence-electron chi connectivity index (χ3n) is 4.74. The zero-order chi connectivity index (χ0) is 31.5. The number of ether oxygens (including phenoxy) is 2. The molecule has 2 aliphatic rings. The van der Waals surface area contributed by atoms with E-state index in [0.717, 1.165) is 0 Å². The average molecular weight is 943 g/mol. The first kappa shape index (κ1) is 51.9. The number of phosphoric ester groups is 4. The maximum atomic E-state index is 10.5. The van der Waals surface area contributed by atoms with Crippen molar-refractivity contribution in [2.75, 3.05) is 26.4 Å². The Bertz CT molecular complexity index is 951. The fraction of sp³-hybridized carbons (Fsp3) is 1.00. The molecule has 0 aromatic rings. The summed E-state index contributed by atoms with van der Waals surface area (Å²) in [4.78, 5) is 67.8. The van der Waals surface area contributed by atoms with Crippen LogP contribution in [0.15, 0.2) is 0 Å². The second kappa shape index (κ2) is 20.6. The Kier molecular flexibility index (Phi) is 24.8. The van der Waals surface area contributed by atoms with Gasteiger partial charge in [-0.05, 0) is 0 Å². The molecule has 14 N–H and O–H groups in total. The normalized spacial score (nSPS) is 33.0. The summed E-state index contributed by atoms with van der Waals surface area (Å²) in [6.45, 7) is -4.11. The van der Waals surface area contributed by atoms with Gasteiger partial charge in [-0.2, -0.15) is 0 Å². The van der Waals surface area contributed by atoms with E-state index in [9.17, 15) is 48.9 Å². The van der Waals surface area contributed by atoms with Crippen LogP contribution in [0, 0.1) is 0 Å². The number of rotatable bonds is 12. The minimum Gasteiger partial charge on any atom is -0.387 e. The van der Waals surface area contributed by atoms with Crippen molar-refractivity contribution in [3.8, 4) is 0 Å². The van der Waals surface area contributed by atoms with Crippen molar-refractivity contribution >= 4 is 168 Å². The summed E-state index contributed by atoms with van der Waals surface area (Å²) >= 11 is 0. The van der Waals surface area contributed by atoms with E-state index in [-0.39, 0.29) is 136 Å². The zero-order valence-electron chi connectivity index (χ0n) is 21.5. The molecule has 0 spiro atoms. The van der Waals surface area contributed by atoms with Crippen molar-refractivity contribution in [3.05, 3.63) is 0 Å². The monoisotopic (exact) mass is 944 g/mol. The van der Waals surface area contributed by atoms with Crippen molar-refractivity contribution < 1.29 is 116 Å². The van der Waals surface area contributed by atoms with Gasteiger partial charge in [-0.25, -0.2) is 18.3 Å². The molecule has 2 rings (SSSR count). The van der Waals surface area contributed by atoms with Crippen molar-refractivity contribution in [3.63, 3.8) is 0 Å². The Hall–Kier alpha value is 4.56. The molecule has 2 saturated heterocycles. The Morgan fingerprint density at radius 3 is 0.953 bits per heavy atom. The smallest absolute Gasteiger partial charge is 0.387 e. The van der Waals surface area contributed by atoms with Crippen LogP contribution in [-0.4, -0.2) is 281 Å². The van der Waals surface area contributed by atoms with E-state index >= 15 is 0 Å². The summed E-state index contributed by atoms with van der Waals surface area (Å²) < 4.78 is 67.3. The van der Waals surface area contributed by atoms with Gasteiger partial charge in [0.05, 0.1) is 13.2 Å². The maximum absolute atomic E-state index is 10.5. The van der Waals surface area contributed by atoms with Gasteiger partial charge in [0.1, 0.15) is 49.8 Å². The van der Waals surface area contributed by atoms with Crippen LogP contribution in [-0.2, 0) is 45.8 Å². The van der Waals surface area contributed by atoms with Gasteiger partial charge in [-0.15, -0.1) is 0 Å². The molecule has 0 radical (unpaired) electrons. The van der Waals surface area contributed by atoms with E-state index in [0.29, 0.717) is 0 Å². The van der Waals surface area contributed by atoms with Crippen LogP contribution < -0.4 is 0 Å². The molecule has 2 heterocycles. The molecule has 2 fully saturated rings. The topological polar surface area (TPSA) is 407 Å². The minimum absolute atomic E-state index is 0. The van der Waals surface area contributed by atoms with E-state index in [1.54, 1.807) is 0 Å². The second-order valence-electron chi connectivity index (χ2n) is 7.97. The molecule has 2 aliphatic heterocycles. The van der Waals surface area contributed by atoms with Gasteiger partial charge < -0.3 is 79.3 Å². The standard InChI is InChI=1S/2C6H14O12P2.3Sr/c2*7-4-3(1-16-19(10,11)12)18-6(9,5(4)8)2-17-20(13,14)15;;;/h2*3-5,7-9H,1-2H2,(H2,10,11,12)(H2,13,14,15);;;/q;;3*+2/t2*3-,4-,5+,6-;;;/m11.../s1. The summed E-state index contributed by atoms with van der Waals surface area (Å²) in [6, 6.07) is 0. The summed E-state index contributed by atoms with van der Waals surface area (Å²) in [5.74, 6) is -5.33. The Morgan fingerprint density at radius 1 is 0.512 bits per heavy atom.